The summed E-state index contributed by atoms with van der Waals surface area (Å²) in [6, 6.07) is 13.3. The average Bonchev–Trinajstić information content (AvgIpc) is 3.18. The van der Waals surface area contributed by atoms with Crippen LogP contribution in [-0.4, -0.2) is 27.5 Å². The lowest BCUT2D eigenvalue weighted by Crippen LogP contribution is -2.38. The third kappa shape index (κ3) is 3.60. The first-order valence-corrected chi connectivity index (χ1v) is 9.37. The standard InChI is InChI=1S/C21H19ClFN3O/c22-16-9-7-14(8-10-16)21(27)26-11-2-1-6-19(26)20-18(13-24-25-20)15-4-3-5-17(23)12-15/h3-5,7-10,12-13,19H,1-2,6,11H2,(H,24,25). The van der Waals surface area contributed by atoms with Crippen molar-refractivity contribution in [1.29, 1.82) is 0 Å². The number of nitrogens with zero attached hydrogens (tertiary/aromatic N) is 2. The minimum atomic E-state index is -0.294. The van der Waals surface area contributed by atoms with Crippen LogP contribution < -0.4 is 0 Å². The van der Waals surface area contributed by atoms with Crippen LogP contribution in [0.2, 0.25) is 5.02 Å². The molecule has 0 saturated carbocycles. The van der Waals surface area contributed by atoms with Gasteiger partial charge in [0.1, 0.15) is 5.82 Å². The number of hydrogen-bond donors (Lipinski definition) is 1. The van der Waals surface area contributed by atoms with Gasteiger partial charge in [0.25, 0.3) is 5.91 Å². The van der Waals surface area contributed by atoms with Crippen LogP contribution in [0, 0.1) is 5.82 Å². The van der Waals surface area contributed by atoms with Crippen molar-refractivity contribution in [2.45, 2.75) is 25.3 Å². The van der Waals surface area contributed by atoms with Gasteiger partial charge in [-0.2, -0.15) is 5.10 Å². The molecular formula is C21H19ClFN3O. The summed E-state index contributed by atoms with van der Waals surface area (Å²) in [5.74, 6) is -0.325. The minimum Gasteiger partial charge on any atom is -0.330 e. The van der Waals surface area contributed by atoms with Gasteiger partial charge in [-0.05, 0) is 61.2 Å². The summed E-state index contributed by atoms with van der Waals surface area (Å²) in [6.45, 7) is 0.674. The lowest BCUT2D eigenvalue weighted by Gasteiger charge is -2.35. The Morgan fingerprint density at radius 3 is 2.78 bits per heavy atom. The number of amides is 1. The van der Waals surface area contributed by atoms with E-state index in [4.69, 9.17) is 11.6 Å². The van der Waals surface area contributed by atoms with E-state index in [0.717, 1.165) is 36.1 Å². The zero-order valence-electron chi connectivity index (χ0n) is 14.7. The van der Waals surface area contributed by atoms with Crippen molar-refractivity contribution in [2.24, 2.45) is 0 Å². The Morgan fingerprint density at radius 2 is 2.00 bits per heavy atom. The molecule has 0 aliphatic carbocycles. The summed E-state index contributed by atoms with van der Waals surface area (Å²) in [6.07, 6.45) is 4.52. The first-order valence-electron chi connectivity index (χ1n) is 8.99. The lowest BCUT2D eigenvalue weighted by molar-refractivity contribution is 0.0607. The summed E-state index contributed by atoms with van der Waals surface area (Å²) in [5.41, 5.74) is 3.04. The fourth-order valence-electron chi connectivity index (χ4n) is 3.67. The van der Waals surface area contributed by atoms with E-state index in [1.165, 1.54) is 12.1 Å². The van der Waals surface area contributed by atoms with Gasteiger partial charge < -0.3 is 4.90 Å². The molecule has 2 aromatic carbocycles. The number of benzene rings is 2. The topological polar surface area (TPSA) is 49.0 Å². The Labute approximate surface area is 162 Å². The van der Waals surface area contributed by atoms with Crippen molar-refractivity contribution in [2.75, 3.05) is 6.54 Å². The highest BCUT2D eigenvalue weighted by Gasteiger charge is 2.31. The molecule has 6 heteroatoms. The van der Waals surface area contributed by atoms with Gasteiger partial charge in [-0.15, -0.1) is 0 Å². The summed E-state index contributed by atoms with van der Waals surface area (Å²) < 4.78 is 13.7. The molecule has 1 aromatic heterocycles. The maximum atomic E-state index is 13.7. The molecular weight excluding hydrogens is 365 g/mol. The van der Waals surface area contributed by atoms with Crippen LogP contribution >= 0.6 is 11.6 Å². The number of piperidine rings is 1. The molecule has 1 fully saturated rings. The van der Waals surface area contributed by atoms with Crippen LogP contribution in [0.25, 0.3) is 11.1 Å². The quantitative estimate of drug-likeness (QED) is 0.672. The normalized spacial score (nSPS) is 17.1. The molecule has 0 spiro atoms. The van der Waals surface area contributed by atoms with Gasteiger partial charge in [0.15, 0.2) is 0 Å². The van der Waals surface area contributed by atoms with Crippen molar-refractivity contribution in [1.82, 2.24) is 15.1 Å². The van der Waals surface area contributed by atoms with Gasteiger partial charge in [0.05, 0.1) is 17.9 Å². The van der Waals surface area contributed by atoms with Crippen molar-refractivity contribution in [3.8, 4) is 11.1 Å². The van der Waals surface area contributed by atoms with E-state index in [2.05, 4.69) is 10.2 Å². The Bertz CT molecular complexity index is 954. The van der Waals surface area contributed by atoms with Gasteiger partial charge >= 0.3 is 0 Å². The Balaban J connectivity index is 1.69. The third-order valence-corrected chi connectivity index (χ3v) is 5.24. The van der Waals surface area contributed by atoms with E-state index in [1.54, 1.807) is 36.5 Å². The predicted octanol–water partition coefficient (Wildman–Crippen LogP) is 5.24. The van der Waals surface area contributed by atoms with Crippen LogP contribution in [0.4, 0.5) is 4.39 Å². The van der Waals surface area contributed by atoms with Crippen molar-refractivity contribution >= 4 is 17.5 Å². The number of carbonyl (C=O) groups excluding carboxylic acids is 1. The fraction of sp³-hybridized carbons (Fsp3) is 0.238. The molecule has 1 saturated heterocycles. The number of rotatable bonds is 3. The van der Waals surface area contributed by atoms with Crippen molar-refractivity contribution in [3.63, 3.8) is 0 Å². The van der Waals surface area contributed by atoms with Gasteiger partial charge in [-0.3, -0.25) is 9.89 Å². The smallest absolute Gasteiger partial charge is 0.254 e. The molecule has 1 amide bonds. The number of nitrogens with one attached hydrogen (secondary N) is 1. The van der Waals surface area contributed by atoms with Gasteiger partial charge in [-0.25, -0.2) is 4.39 Å². The highest BCUT2D eigenvalue weighted by atomic mass is 35.5. The Kier molecular flexibility index (Phi) is 4.94. The number of aromatic amines is 1. The van der Waals surface area contributed by atoms with E-state index in [-0.39, 0.29) is 17.8 Å². The highest BCUT2D eigenvalue weighted by molar-refractivity contribution is 6.30. The molecule has 138 valence electrons. The van der Waals surface area contributed by atoms with Gasteiger partial charge in [0, 0.05) is 22.7 Å². The summed E-state index contributed by atoms with van der Waals surface area (Å²) in [7, 11) is 0. The molecule has 1 unspecified atom stereocenters. The second kappa shape index (κ2) is 7.53. The molecule has 2 heterocycles. The van der Waals surface area contributed by atoms with Gasteiger partial charge in [-0.1, -0.05) is 23.7 Å². The SMILES string of the molecule is O=C(c1ccc(Cl)cc1)N1CCCCC1c1[nH]ncc1-c1cccc(F)c1. The second-order valence-electron chi connectivity index (χ2n) is 6.72. The molecule has 4 rings (SSSR count). The molecule has 3 aromatic rings. The van der Waals surface area contributed by atoms with Crippen LogP contribution in [0.5, 0.6) is 0 Å². The summed E-state index contributed by atoms with van der Waals surface area (Å²) >= 11 is 5.94. The Morgan fingerprint density at radius 1 is 1.19 bits per heavy atom. The first kappa shape index (κ1) is 17.7. The lowest BCUT2D eigenvalue weighted by atomic mass is 9.94. The number of halogens is 2. The molecule has 1 aliphatic rings. The van der Waals surface area contributed by atoms with Crippen LogP contribution in [0.15, 0.2) is 54.7 Å². The molecule has 27 heavy (non-hydrogen) atoms. The van der Waals surface area contributed by atoms with E-state index in [0.29, 0.717) is 17.1 Å². The zero-order valence-corrected chi connectivity index (χ0v) is 15.4. The van der Waals surface area contributed by atoms with E-state index < -0.39 is 0 Å². The van der Waals surface area contributed by atoms with Crippen LogP contribution in [-0.2, 0) is 0 Å². The molecule has 0 radical (unpaired) electrons. The first-order chi connectivity index (χ1) is 13.1. The highest BCUT2D eigenvalue weighted by Crippen LogP contribution is 2.36. The number of aromatic nitrogens is 2. The van der Waals surface area contributed by atoms with Gasteiger partial charge in [0.2, 0.25) is 0 Å². The van der Waals surface area contributed by atoms with E-state index in [9.17, 15) is 9.18 Å². The number of hydrogen-bond acceptors (Lipinski definition) is 2. The molecule has 1 aliphatic heterocycles. The molecule has 1 atom stereocenters. The average molecular weight is 384 g/mol. The maximum absolute atomic E-state index is 13.7. The maximum Gasteiger partial charge on any atom is 0.254 e. The van der Waals surface area contributed by atoms with E-state index in [1.807, 2.05) is 11.0 Å². The van der Waals surface area contributed by atoms with E-state index >= 15 is 0 Å². The number of carbonyl (C=O) groups is 1. The minimum absolute atomic E-state index is 0.0313. The number of H-pyrrole nitrogens is 1. The largest absolute Gasteiger partial charge is 0.330 e. The summed E-state index contributed by atoms with van der Waals surface area (Å²) in [4.78, 5) is 15.0. The predicted molar refractivity (Wildman–Crippen MR) is 103 cm³/mol. The van der Waals surface area contributed by atoms with Crippen LogP contribution in [0.1, 0.15) is 41.4 Å². The van der Waals surface area contributed by atoms with Crippen molar-refractivity contribution < 1.29 is 9.18 Å². The number of likely N-dealkylation sites (tertiary alicyclic amines) is 1. The zero-order chi connectivity index (χ0) is 18.8. The monoisotopic (exact) mass is 383 g/mol. The summed E-state index contributed by atoms with van der Waals surface area (Å²) in [5, 5.41) is 7.83. The second-order valence-corrected chi connectivity index (χ2v) is 7.16. The molecule has 4 nitrogen and oxygen atoms in total. The molecule has 0 bridgehead atoms. The van der Waals surface area contributed by atoms with Crippen LogP contribution in [0.3, 0.4) is 0 Å². The van der Waals surface area contributed by atoms with Crippen molar-refractivity contribution in [3.05, 3.63) is 76.8 Å². The Hall–Kier alpha value is -2.66. The fourth-order valence-corrected chi connectivity index (χ4v) is 3.80. The third-order valence-electron chi connectivity index (χ3n) is 4.99. The molecule has 1 N–H and O–H groups in total.